The van der Waals surface area contributed by atoms with Gasteiger partial charge < -0.3 is 7.43 Å². The summed E-state index contributed by atoms with van der Waals surface area (Å²) in [5.74, 6) is 0. The van der Waals surface area contributed by atoms with E-state index >= 15 is 0 Å². The van der Waals surface area contributed by atoms with Gasteiger partial charge in [0.2, 0.25) is 0 Å². The van der Waals surface area contributed by atoms with Crippen molar-refractivity contribution in [1.29, 1.82) is 0 Å². The Hall–Kier alpha value is 0.104. The smallest absolute Gasteiger partial charge is 0.358 e. The van der Waals surface area contributed by atoms with E-state index in [1.54, 1.807) is 0 Å². The summed E-state index contributed by atoms with van der Waals surface area (Å²) in [7, 11) is 0. The maximum absolute atomic E-state index is 3.25. The Bertz CT molecular complexity index is 11.1. The van der Waals surface area contributed by atoms with Crippen molar-refractivity contribution in [3.05, 3.63) is 27.0 Å². The van der Waals surface area contributed by atoms with Crippen molar-refractivity contribution in [3.8, 4) is 0 Å². The Kier molecular flexibility index (Phi) is 126. The summed E-state index contributed by atoms with van der Waals surface area (Å²) in [6, 6.07) is 0. The van der Waals surface area contributed by atoms with Crippen LogP contribution in [-0.4, -0.2) is 0 Å². The van der Waals surface area contributed by atoms with Crippen molar-refractivity contribution in [3.63, 3.8) is 0 Å². The summed E-state index contributed by atoms with van der Waals surface area (Å²) in [5, 5.41) is 0. The molecular formula is C4H8Ni. The maximum Gasteiger partial charge on any atom is 2.00 e. The van der Waals surface area contributed by atoms with E-state index in [-0.39, 0.29) is 23.9 Å². The summed E-state index contributed by atoms with van der Waals surface area (Å²) in [4.78, 5) is 0. The number of rotatable bonds is 0. The standard InChI is InChI=1S/C3H5.CH3.Ni/c1-3-2;;/h3H,1-2H2;1H3;/q2*-1;+2. The van der Waals surface area contributed by atoms with E-state index < -0.39 is 0 Å². The van der Waals surface area contributed by atoms with Crippen LogP contribution in [-0.2, 0) is 16.5 Å². The van der Waals surface area contributed by atoms with Crippen molar-refractivity contribution in [2.75, 3.05) is 0 Å². The van der Waals surface area contributed by atoms with E-state index in [2.05, 4.69) is 13.5 Å². The van der Waals surface area contributed by atoms with Gasteiger partial charge in [-0.25, -0.2) is 19.6 Å². The molecule has 1 heteroatoms. The Morgan fingerprint density at radius 3 is 1.60 bits per heavy atom. The molecule has 0 amide bonds. The van der Waals surface area contributed by atoms with Crippen LogP contribution in [0.15, 0.2) is 12.7 Å². The normalized spacial score (nSPS) is 2.40. The first-order chi connectivity index (χ1) is 1.41. The van der Waals surface area contributed by atoms with Crippen molar-refractivity contribution >= 4 is 0 Å². The van der Waals surface area contributed by atoms with Gasteiger partial charge in [0.05, 0.1) is 0 Å². The van der Waals surface area contributed by atoms with Gasteiger partial charge >= 0.3 is 16.5 Å². The first-order valence-corrected chi connectivity index (χ1v) is 0.816. The molecule has 5 heavy (non-hydrogen) atoms. The molecule has 0 saturated heterocycles. The average molecular weight is 115 g/mol. The van der Waals surface area contributed by atoms with E-state index in [1.165, 1.54) is 6.08 Å². The van der Waals surface area contributed by atoms with Gasteiger partial charge in [-0.15, -0.1) is 0 Å². The Morgan fingerprint density at radius 1 is 1.60 bits per heavy atom. The first kappa shape index (κ1) is 19.4. The van der Waals surface area contributed by atoms with E-state index in [0.717, 1.165) is 0 Å². The molecule has 0 heterocycles. The second kappa shape index (κ2) is 32.5. The number of hydrogen-bond acceptors (Lipinski definition) is 0. The second-order valence-electron chi connectivity index (χ2n) is 0.289. The summed E-state index contributed by atoms with van der Waals surface area (Å²) in [5.41, 5.74) is 0. The monoisotopic (exact) mass is 114 g/mol. The molecule has 0 N–H and O–H groups in total. The quantitative estimate of drug-likeness (QED) is 0.331. The fraction of sp³-hybridized carbons (Fsp3) is 0. The zero-order valence-corrected chi connectivity index (χ0v) is 4.30. The molecule has 0 aliphatic rings. The fourth-order valence-corrected chi connectivity index (χ4v) is 0. The van der Waals surface area contributed by atoms with Gasteiger partial charge in [0, 0.05) is 0 Å². The van der Waals surface area contributed by atoms with Gasteiger partial charge in [0.1, 0.15) is 0 Å². The molecule has 0 spiro atoms. The van der Waals surface area contributed by atoms with Crippen LogP contribution in [0.5, 0.6) is 0 Å². The van der Waals surface area contributed by atoms with Crippen molar-refractivity contribution < 1.29 is 16.5 Å². The molecular weight excluding hydrogens is 107 g/mol. The van der Waals surface area contributed by atoms with Crippen LogP contribution in [0, 0.1) is 14.4 Å². The van der Waals surface area contributed by atoms with E-state index in [4.69, 9.17) is 0 Å². The summed E-state index contributed by atoms with van der Waals surface area (Å²) in [6.07, 6.45) is 1.50. The van der Waals surface area contributed by atoms with E-state index in [0.29, 0.717) is 0 Å². The molecule has 0 aliphatic heterocycles. The zero-order valence-electron chi connectivity index (χ0n) is 3.31. The van der Waals surface area contributed by atoms with Gasteiger partial charge in [-0.2, -0.15) is 0 Å². The van der Waals surface area contributed by atoms with Gasteiger partial charge in [0.15, 0.2) is 0 Å². The second-order valence-corrected chi connectivity index (χ2v) is 0.289. The third kappa shape index (κ3) is 1690. The molecule has 0 aromatic carbocycles. The van der Waals surface area contributed by atoms with Crippen LogP contribution in [0.4, 0.5) is 0 Å². The molecule has 0 bridgehead atoms. The molecule has 0 radical (unpaired) electrons. The molecule has 0 unspecified atom stereocenters. The van der Waals surface area contributed by atoms with Crippen molar-refractivity contribution in [2.24, 2.45) is 0 Å². The van der Waals surface area contributed by atoms with Crippen molar-refractivity contribution in [2.45, 2.75) is 0 Å². The molecule has 34 valence electrons. The van der Waals surface area contributed by atoms with Gasteiger partial charge in [-0.3, -0.25) is 0 Å². The third-order valence-corrected chi connectivity index (χ3v) is 0. The van der Waals surface area contributed by atoms with Crippen LogP contribution in [0.3, 0.4) is 0 Å². The molecule has 0 aromatic heterocycles. The van der Waals surface area contributed by atoms with Crippen molar-refractivity contribution in [1.82, 2.24) is 0 Å². The molecule has 0 aliphatic carbocycles. The predicted octanol–water partition coefficient (Wildman–Crippen LogP) is 1.45. The Morgan fingerprint density at radius 2 is 1.60 bits per heavy atom. The predicted molar refractivity (Wildman–Crippen MR) is 22.0 cm³/mol. The minimum absolute atomic E-state index is 0. The Labute approximate surface area is 44.2 Å². The molecule has 0 nitrogen and oxygen atoms in total. The maximum atomic E-state index is 3.25. The van der Waals surface area contributed by atoms with Crippen LogP contribution in [0.25, 0.3) is 0 Å². The molecule has 0 aromatic rings. The minimum Gasteiger partial charge on any atom is -0.358 e. The largest absolute Gasteiger partial charge is 2.00 e. The molecule has 0 fully saturated rings. The van der Waals surface area contributed by atoms with E-state index in [9.17, 15) is 0 Å². The molecule has 0 rings (SSSR count). The zero-order chi connectivity index (χ0) is 2.71. The average Bonchev–Trinajstić information content (AvgIpc) is 0.918. The van der Waals surface area contributed by atoms with Crippen LogP contribution < -0.4 is 0 Å². The molecule has 0 saturated carbocycles. The SMILES string of the molecule is C=C[CH2-].[CH3-].[Ni+2]. The van der Waals surface area contributed by atoms with Crippen LogP contribution in [0.2, 0.25) is 0 Å². The fourth-order valence-electron chi connectivity index (χ4n) is 0. The summed E-state index contributed by atoms with van der Waals surface area (Å²) in [6.45, 7) is 6.50. The topological polar surface area (TPSA) is 0 Å². The number of allylic oxidation sites excluding steroid dienone is 1. The minimum atomic E-state index is 0. The summed E-state index contributed by atoms with van der Waals surface area (Å²) < 4.78 is 0. The van der Waals surface area contributed by atoms with Gasteiger partial charge in [-0.1, -0.05) is 0 Å². The first-order valence-electron chi connectivity index (χ1n) is 0.816. The van der Waals surface area contributed by atoms with Crippen LogP contribution in [0.1, 0.15) is 0 Å². The van der Waals surface area contributed by atoms with Crippen LogP contribution >= 0.6 is 0 Å². The molecule has 0 atom stereocenters. The van der Waals surface area contributed by atoms with Gasteiger partial charge in [-0.05, 0) is 0 Å². The summed E-state index contributed by atoms with van der Waals surface area (Å²) >= 11 is 0. The van der Waals surface area contributed by atoms with E-state index in [1.807, 2.05) is 0 Å². The third-order valence-electron chi connectivity index (χ3n) is 0. The Balaban J connectivity index is -0.0000000200. The number of hydrogen-bond donors (Lipinski definition) is 0. The van der Waals surface area contributed by atoms with Gasteiger partial charge in [0.25, 0.3) is 0 Å².